The molecule has 2 fully saturated rings. The quantitative estimate of drug-likeness (QED) is 0.568. The van der Waals surface area contributed by atoms with Gasteiger partial charge in [0.1, 0.15) is 23.4 Å². The number of hydrogen-bond donors (Lipinski definition) is 1. The van der Waals surface area contributed by atoms with Crippen molar-refractivity contribution in [3.05, 3.63) is 53.0 Å². The fourth-order valence-electron chi connectivity index (χ4n) is 5.81. The lowest BCUT2D eigenvalue weighted by atomic mass is 9.88. The summed E-state index contributed by atoms with van der Waals surface area (Å²) in [6.07, 6.45) is 4.17. The molecule has 1 N–H and O–H groups in total. The maximum absolute atomic E-state index is 12.5. The molecule has 3 aliphatic rings. The van der Waals surface area contributed by atoms with Crippen molar-refractivity contribution < 1.29 is 9.53 Å². The molecular formula is C28H35N5O2. The summed E-state index contributed by atoms with van der Waals surface area (Å²) < 4.78 is 8.71. The molecule has 7 heteroatoms. The van der Waals surface area contributed by atoms with Crippen molar-refractivity contribution in [3.63, 3.8) is 0 Å². The number of nitrogens with zero attached hydrogens (tertiary/aromatic N) is 4. The molecular weight excluding hydrogens is 438 g/mol. The molecule has 0 spiro atoms. The van der Waals surface area contributed by atoms with Crippen LogP contribution in [0.1, 0.15) is 67.4 Å². The summed E-state index contributed by atoms with van der Waals surface area (Å²) in [4.78, 5) is 24.2. The Balaban J connectivity index is 1.27. The number of fused-ring (bicyclic) bond motifs is 3. The molecule has 1 saturated carbocycles. The number of benzene rings is 1. The van der Waals surface area contributed by atoms with Crippen LogP contribution in [0.4, 0.5) is 5.82 Å². The van der Waals surface area contributed by atoms with Crippen LogP contribution in [0.3, 0.4) is 0 Å². The Morgan fingerprint density at radius 1 is 1.09 bits per heavy atom. The third-order valence-corrected chi connectivity index (χ3v) is 7.90. The molecule has 184 valence electrons. The van der Waals surface area contributed by atoms with E-state index in [1.807, 2.05) is 6.92 Å². The molecule has 7 nitrogen and oxygen atoms in total. The highest BCUT2D eigenvalue weighted by Gasteiger charge is 2.38. The number of nitrogens with one attached hydrogen (secondary N) is 1. The molecule has 1 amide bonds. The van der Waals surface area contributed by atoms with E-state index >= 15 is 0 Å². The van der Waals surface area contributed by atoms with E-state index in [0.29, 0.717) is 24.3 Å². The summed E-state index contributed by atoms with van der Waals surface area (Å²) in [5, 5.41) is 4.72. The Labute approximate surface area is 206 Å². The van der Waals surface area contributed by atoms with Crippen LogP contribution in [0.5, 0.6) is 0 Å². The van der Waals surface area contributed by atoms with Gasteiger partial charge in [0.15, 0.2) is 0 Å². The molecule has 0 bridgehead atoms. The van der Waals surface area contributed by atoms with Crippen molar-refractivity contribution in [2.45, 2.75) is 65.1 Å². The SMILES string of the molecule is Cc1cccc([C@@H](C)Nc2nc(C)nc3c2cc2n3CCOC2C2CCN(C(=O)C3CC3)CC2)c1. The van der Waals surface area contributed by atoms with Crippen LogP contribution < -0.4 is 5.32 Å². The van der Waals surface area contributed by atoms with E-state index in [9.17, 15) is 4.79 Å². The van der Waals surface area contributed by atoms with Gasteiger partial charge in [0.05, 0.1) is 12.0 Å². The molecule has 6 rings (SSSR count). The minimum Gasteiger partial charge on any atom is -0.370 e. The molecule has 1 aromatic carbocycles. The molecule has 0 radical (unpaired) electrons. The first-order chi connectivity index (χ1) is 17.0. The maximum Gasteiger partial charge on any atom is 0.225 e. The number of carbonyl (C=O) groups excluding carboxylic acids is 1. The molecule has 1 aliphatic carbocycles. The van der Waals surface area contributed by atoms with Gasteiger partial charge in [-0.15, -0.1) is 0 Å². The fraction of sp³-hybridized carbons (Fsp3) is 0.536. The van der Waals surface area contributed by atoms with Crippen molar-refractivity contribution in [2.24, 2.45) is 11.8 Å². The van der Waals surface area contributed by atoms with E-state index in [4.69, 9.17) is 14.7 Å². The summed E-state index contributed by atoms with van der Waals surface area (Å²) in [5.41, 5.74) is 4.68. The molecule has 1 saturated heterocycles. The second-order valence-electron chi connectivity index (χ2n) is 10.6. The standard InChI is InChI=1S/C28H35N5O2/c1-17-5-4-6-22(15-17)18(2)29-26-23-16-24-25(35-14-13-33(24)27(23)31-19(3)30-26)20-9-11-32(12-10-20)28(34)21-7-8-21/h4-6,15-16,18,20-21,25H,7-14H2,1-3H3,(H,29,30,31)/t18-,25?/m1/s1. The van der Waals surface area contributed by atoms with Crippen LogP contribution in [0.15, 0.2) is 30.3 Å². The zero-order valence-corrected chi connectivity index (χ0v) is 21.0. The topological polar surface area (TPSA) is 72.3 Å². The molecule has 2 atom stereocenters. The molecule has 4 heterocycles. The van der Waals surface area contributed by atoms with Crippen LogP contribution in [-0.2, 0) is 16.1 Å². The Kier molecular flexibility index (Phi) is 5.75. The molecule has 3 aromatic rings. The number of aryl methyl sites for hydroxylation is 2. The summed E-state index contributed by atoms with van der Waals surface area (Å²) >= 11 is 0. The van der Waals surface area contributed by atoms with Gasteiger partial charge in [-0.25, -0.2) is 9.97 Å². The average molecular weight is 474 g/mol. The number of aromatic nitrogens is 3. The summed E-state index contributed by atoms with van der Waals surface area (Å²) in [6.45, 7) is 9.45. The third-order valence-electron chi connectivity index (χ3n) is 7.90. The van der Waals surface area contributed by atoms with Crippen molar-refractivity contribution >= 4 is 22.8 Å². The van der Waals surface area contributed by atoms with Crippen molar-refractivity contribution in [2.75, 3.05) is 25.0 Å². The Hall–Kier alpha value is -2.93. The van der Waals surface area contributed by atoms with Crippen molar-refractivity contribution in [1.82, 2.24) is 19.4 Å². The normalized spacial score (nSPS) is 21.7. The minimum absolute atomic E-state index is 0.0403. The van der Waals surface area contributed by atoms with E-state index in [1.54, 1.807) is 0 Å². The number of carbonyl (C=O) groups is 1. The molecule has 2 aromatic heterocycles. The highest BCUT2D eigenvalue weighted by molar-refractivity contribution is 5.89. The van der Waals surface area contributed by atoms with Gasteiger partial charge in [-0.05, 0) is 64.0 Å². The molecule has 2 aliphatic heterocycles. The van der Waals surface area contributed by atoms with E-state index in [1.165, 1.54) is 16.8 Å². The largest absolute Gasteiger partial charge is 0.370 e. The van der Waals surface area contributed by atoms with E-state index in [2.05, 4.69) is 59.0 Å². The first-order valence-electron chi connectivity index (χ1n) is 13.1. The fourth-order valence-corrected chi connectivity index (χ4v) is 5.81. The maximum atomic E-state index is 12.5. The smallest absolute Gasteiger partial charge is 0.225 e. The van der Waals surface area contributed by atoms with Gasteiger partial charge in [0.2, 0.25) is 5.91 Å². The Bertz CT molecular complexity index is 1260. The molecule has 35 heavy (non-hydrogen) atoms. The number of rotatable bonds is 5. The Morgan fingerprint density at radius 2 is 1.89 bits per heavy atom. The average Bonchev–Trinajstić information content (AvgIpc) is 3.64. The van der Waals surface area contributed by atoms with Crippen LogP contribution in [0.2, 0.25) is 0 Å². The Morgan fingerprint density at radius 3 is 2.63 bits per heavy atom. The van der Waals surface area contributed by atoms with E-state index in [0.717, 1.165) is 68.0 Å². The summed E-state index contributed by atoms with van der Waals surface area (Å²) in [5.74, 6) is 2.74. The van der Waals surface area contributed by atoms with E-state index in [-0.39, 0.29) is 12.1 Å². The van der Waals surface area contributed by atoms with Crippen LogP contribution >= 0.6 is 0 Å². The predicted molar refractivity (Wildman–Crippen MR) is 136 cm³/mol. The number of amides is 1. The van der Waals surface area contributed by atoms with Crippen molar-refractivity contribution in [3.8, 4) is 0 Å². The molecule has 1 unspecified atom stereocenters. The highest BCUT2D eigenvalue weighted by atomic mass is 16.5. The first-order valence-corrected chi connectivity index (χ1v) is 13.1. The van der Waals surface area contributed by atoms with Gasteiger partial charge in [0.25, 0.3) is 0 Å². The number of likely N-dealkylation sites (tertiary alicyclic amines) is 1. The summed E-state index contributed by atoms with van der Waals surface area (Å²) in [6, 6.07) is 11.0. The van der Waals surface area contributed by atoms with Crippen molar-refractivity contribution in [1.29, 1.82) is 0 Å². The monoisotopic (exact) mass is 473 g/mol. The number of piperidine rings is 1. The van der Waals surface area contributed by atoms with Gasteiger partial charge in [-0.3, -0.25) is 4.79 Å². The predicted octanol–water partition coefficient (Wildman–Crippen LogP) is 4.94. The first kappa shape index (κ1) is 22.5. The number of ether oxygens (including phenoxy) is 1. The third kappa shape index (κ3) is 4.31. The zero-order valence-electron chi connectivity index (χ0n) is 21.0. The van der Waals surface area contributed by atoms with Gasteiger partial charge in [0, 0.05) is 37.3 Å². The number of anilines is 1. The van der Waals surface area contributed by atoms with Crippen LogP contribution in [0.25, 0.3) is 11.0 Å². The minimum atomic E-state index is 0.0403. The lowest BCUT2D eigenvalue weighted by molar-refractivity contribution is -0.135. The van der Waals surface area contributed by atoms with Gasteiger partial charge < -0.3 is 19.5 Å². The lowest BCUT2D eigenvalue weighted by Crippen LogP contribution is -2.41. The second-order valence-corrected chi connectivity index (χ2v) is 10.6. The highest BCUT2D eigenvalue weighted by Crippen LogP contribution is 2.41. The summed E-state index contributed by atoms with van der Waals surface area (Å²) in [7, 11) is 0. The lowest BCUT2D eigenvalue weighted by Gasteiger charge is -2.38. The van der Waals surface area contributed by atoms with Crippen LogP contribution in [-0.4, -0.2) is 45.0 Å². The van der Waals surface area contributed by atoms with E-state index < -0.39 is 0 Å². The van der Waals surface area contributed by atoms with Crippen LogP contribution in [0, 0.1) is 25.7 Å². The zero-order chi connectivity index (χ0) is 24.1. The van der Waals surface area contributed by atoms with Gasteiger partial charge in [-0.2, -0.15) is 0 Å². The second kappa shape index (κ2) is 8.94. The van der Waals surface area contributed by atoms with Gasteiger partial charge in [-0.1, -0.05) is 29.8 Å². The van der Waals surface area contributed by atoms with Gasteiger partial charge >= 0.3 is 0 Å². The number of hydrogen-bond acceptors (Lipinski definition) is 5.